The zero-order chi connectivity index (χ0) is 10.1. The third-order valence-electron chi connectivity index (χ3n) is 2.09. The molecule has 0 radical (unpaired) electrons. The molecule has 1 heterocycles. The van der Waals surface area contributed by atoms with E-state index in [2.05, 4.69) is 4.98 Å². The van der Waals surface area contributed by atoms with Gasteiger partial charge in [-0.2, -0.15) is 0 Å². The fourth-order valence-electron chi connectivity index (χ4n) is 1.40. The van der Waals surface area contributed by atoms with Crippen molar-refractivity contribution in [2.24, 2.45) is 5.73 Å². The highest BCUT2D eigenvalue weighted by Gasteiger charge is 2.04. The first-order chi connectivity index (χ1) is 6.72. The second-order valence-electron chi connectivity index (χ2n) is 3.03. The van der Waals surface area contributed by atoms with Gasteiger partial charge in [-0.05, 0) is 12.1 Å². The number of halogens is 1. The number of nitrogens with one attached hydrogen (secondary N) is 1. The Morgan fingerprint density at radius 2 is 2.21 bits per heavy atom. The van der Waals surface area contributed by atoms with Crippen LogP contribution in [0.15, 0.2) is 29.1 Å². The SMILES string of the molecule is NCc1cc(=O)c2cccc(F)c2[nH]1. The van der Waals surface area contributed by atoms with Gasteiger partial charge in [0.15, 0.2) is 5.43 Å². The summed E-state index contributed by atoms with van der Waals surface area (Å²) in [6.45, 7) is 0.194. The van der Waals surface area contributed by atoms with Crippen molar-refractivity contribution in [3.05, 3.63) is 46.0 Å². The fraction of sp³-hybridized carbons (Fsp3) is 0.100. The zero-order valence-corrected chi connectivity index (χ0v) is 7.38. The molecule has 1 aromatic heterocycles. The average molecular weight is 192 g/mol. The maximum absolute atomic E-state index is 13.3. The molecule has 0 aliphatic rings. The molecule has 0 amide bonds. The third-order valence-corrected chi connectivity index (χ3v) is 2.09. The van der Waals surface area contributed by atoms with E-state index in [0.29, 0.717) is 11.1 Å². The summed E-state index contributed by atoms with van der Waals surface area (Å²) >= 11 is 0. The summed E-state index contributed by atoms with van der Waals surface area (Å²) in [4.78, 5) is 14.3. The van der Waals surface area contributed by atoms with Gasteiger partial charge >= 0.3 is 0 Å². The minimum absolute atomic E-state index is 0.194. The van der Waals surface area contributed by atoms with Crippen LogP contribution in [0.2, 0.25) is 0 Å². The lowest BCUT2D eigenvalue weighted by molar-refractivity contribution is 0.636. The van der Waals surface area contributed by atoms with Crippen LogP contribution < -0.4 is 11.2 Å². The molecule has 0 atom stereocenters. The van der Waals surface area contributed by atoms with Crippen molar-refractivity contribution in [2.75, 3.05) is 0 Å². The van der Waals surface area contributed by atoms with Crippen molar-refractivity contribution in [2.45, 2.75) is 6.54 Å². The molecule has 3 N–H and O–H groups in total. The van der Waals surface area contributed by atoms with Crippen molar-refractivity contribution in [1.82, 2.24) is 4.98 Å². The smallest absolute Gasteiger partial charge is 0.189 e. The summed E-state index contributed by atoms with van der Waals surface area (Å²) in [6.07, 6.45) is 0. The van der Waals surface area contributed by atoms with Gasteiger partial charge in [-0.3, -0.25) is 4.79 Å². The van der Waals surface area contributed by atoms with Gasteiger partial charge < -0.3 is 10.7 Å². The molecule has 0 aliphatic heterocycles. The summed E-state index contributed by atoms with van der Waals surface area (Å²) in [5.41, 5.74) is 5.92. The minimum atomic E-state index is -0.435. The molecule has 72 valence electrons. The van der Waals surface area contributed by atoms with Crippen LogP contribution in [0.25, 0.3) is 10.9 Å². The Kier molecular flexibility index (Phi) is 2.05. The molecule has 1 aromatic carbocycles. The van der Waals surface area contributed by atoms with E-state index in [1.54, 1.807) is 6.07 Å². The van der Waals surface area contributed by atoms with Crippen LogP contribution in [0.5, 0.6) is 0 Å². The van der Waals surface area contributed by atoms with Crippen LogP contribution in [-0.4, -0.2) is 4.98 Å². The van der Waals surface area contributed by atoms with Crippen molar-refractivity contribution in [3.63, 3.8) is 0 Å². The Balaban J connectivity index is 2.91. The zero-order valence-electron chi connectivity index (χ0n) is 7.38. The highest BCUT2D eigenvalue weighted by molar-refractivity contribution is 5.78. The molecular formula is C10H9FN2O. The first kappa shape index (κ1) is 8.90. The quantitative estimate of drug-likeness (QED) is 0.711. The number of hydrogen-bond donors (Lipinski definition) is 2. The Labute approximate surface area is 79.4 Å². The molecule has 3 nitrogen and oxygen atoms in total. The largest absolute Gasteiger partial charge is 0.355 e. The van der Waals surface area contributed by atoms with Gasteiger partial charge in [0, 0.05) is 23.7 Å². The number of benzene rings is 1. The lowest BCUT2D eigenvalue weighted by Crippen LogP contribution is -2.09. The van der Waals surface area contributed by atoms with Crippen LogP contribution in [-0.2, 0) is 6.54 Å². The van der Waals surface area contributed by atoms with E-state index in [4.69, 9.17) is 5.73 Å². The number of para-hydroxylation sites is 1. The van der Waals surface area contributed by atoms with Gasteiger partial charge in [-0.15, -0.1) is 0 Å². The highest BCUT2D eigenvalue weighted by Crippen LogP contribution is 2.11. The average Bonchev–Trinajstić information content (AvgIpc) is 2.19. The summed E-state index contributed by atoms with van der Waals surface area (Å²) in [6, 6.07) is 5.78. The molecule has 14 heavy (non-hydrogen) atoms. The predicted octanol–water partition coefficient (Wildman–Crippen LogP) is 1.13. The maximum atomic E-state index is 13.3. The second-order valence-corrected chi connectivity index (χ2v) is 3.03. The number of rotatable bonds is 1. The van der Waals surface area contributed by atoms with Crippen LogP contribution in [0.4, 0.5) is 4.39 Å². The van der Waals surface area contributed by atoms with Crippen LogP contribution in [0, 0.1) is 5.82 Å². The van der Waals surface area contributed by atoms with Gasteiger partial charge in [0.2, 0.25) is 0 Å². The van der Waals surface area contributed by atoms with Gasteiger partial charge in [0.1, 0.15) is 5.82 Å². The molecule has 0 saturated heterocycles. The molecular weight excluding hydrogens is 183 g/mol. The van der Waals surface area contributed by atoms with Gasteiger partial charge in [-0.1, -0.05) is 6.07 Å². The number of H-pyrrole nitrogens is 1. The normalized spacial score (nSPS) is 10.7. The monoisotopic (exact) mass is 192 g/mol. The Hall–Kier alpha value is -1.68. The molecule has 0 spiro atoms. The molecule has 4 heteroatoms. The van der Waals surface area contributed by atoms with Gasteiger partial charge in [0.25, 0.3) is 0 Å². The minimum Gasteiger partial charge on any atom is -0.355 e. The molecule has 2 aromatic rings. The topological polar surface area (TPSA) is 58.9 Å². The standard InChI is InChI=1S/C10H9FN2O/c11-8-3-1-2-7-9(14)4-6(5-12)13-10(7)8/h1-4H,5,12H2,(H,13,14). The number of pyridine rings is 1. The maximum Gasteiger partial charge on any atom is 0.189 e. The summed E-state index contributed by atoms with van der Waals surface area (Å²) < 4.78 is 13.3. The van der Waals surface area contributed by atoms with Gasteiger partial charge in [-0.25, -0.2) is 4.39 Å². The van der Waals surface area contributed by atoms with E-state index in [1.807, 2.05) is 0 Å². The second kappa shape index (κ2) is 3.23. The first-order valence-electron chi connectivity index (χ1n) is 4.23. The third kappa shape index (κ3) is 1.29. The van der Waals surface area contributed by atoms with Gasteiger partial charge in [0.05, 0.1) is 5.52 Å². The Bertz CT molecular complexity index is 533. The van der Waals surface area contributed by atoms with E-state index in [1.165, 1.54) is 18.2 Å². The first-order valence-corrected chi connectivity index (χ1v) is 4.23. The molecule has 0 bridgehead atoms. The van der Waals surface area contributed by atoms with Crippen LogP contribution in [0.1, 0.15) is 5.69 Å². The Morgan fingerprint density at radius 3 is 2.93 bits per heavy atom. The highest BCUT2D eigenvalue weighted by atomic mass is 19.1. The number of fused-ring (bicyclic) bond motifs is 1. The van der Waals surface area contributed by atoms with Crippen molar-refractivity contribution in [3.8, 4) is 0 Å². The predicted molar refractivity (Wildman–Crippen MR) is 52.4 cm³/mol. The van der Waals surface area contributed by atoms with Crippen LogP contribution >= 0.6 is 0 Å². The summed E-state index contributed by atoms with van der Waals surface area (Å²) in [7, 11) is 0. The number of aromatic amines is 1. The number of aromatic nitrogens is 1. The molecule has 0 saturated carbocycles. The molecule has 0 unspecified atom stereocenters. The van der Waals surface area contributed by atoms with E-state index in [-0.39, 0.29) is 17.5 Å². The van der Waals surface area contributed by atoms with E-state index in [9.17, 15) is 9.18 Å². The fourth-order valence-corrected chi connectivity index (χ4v) is 1.40. The lowest BCUT2D eigenvalue weighted by atomic mass is 10.2. The molecule has 2 rings (SSSR count). The summed E-state index contributed by atoms with van der Waals surface area (Å²) in [5, 5.41) is 0.349. The molecule has 0 fully saturated rings. The summed E-state index contributed by atoms with van der Waals surface area (Å²) in [5.74, 6) is -0.435. The van der Waals surface area contributed by atoms with Crippen LogP contribution in [0.3, 0.4) is 0 Å². The van der Waals surface area contributed by atoms with Crippen molar-refractivity contribution >= 4 is 10.9 Å². The molecule has 0 aliphatic carbocycles. The van der Waals surface area contributed by atoms with E-state index >= 15 is 0 Å². The lowest BCUT2D eigenvalue weighted by Gasteiger charge is -2.02. The van der Waals surface area contributed by atoms with E-state index < -0.39 is 5.82 Å². The Morgan fingerprint density at radius 1 is 1.43 bits per heavy atom. The number of nitrogens with two attached hydrogens (primary N) is 1. The van der Waals surface area contributed by atoms with Crippen molar-refractivity contribution in [1.29, 1.82) is 0 Å². The van der Waals surface area contributed by atoms with E-state index in [0.717, 1.165) is 0 Å². The van der Waals surface area contributed by atoms with Crippen molar-refractivity contribution < 1.29 is 4.39 Å². The number of hydrogen-bond acceptors (Lipinski definition) is 2.